The van der Waals surface area contributed by atoms with Gasteiger partial charge in [0.05, 0.1) is 22.9 Å². The fraction of sp³-hybridized carbons (Fsp3) is 0.786. The first-order valence-corrected chi connectivity index (χ1v) is 7.68. The van der Waals surface area contributed by atoms with Gasteiger partial charge in [-0.25, -0.2) is 0 Å². The van der Waals surface area contributed by atoms with Gasteiger partial charge in [-0.05, 0) is 37.0 Å². The number of aliphatic hydroxyl groups is 1. The highest BCUT2D eigenvalue weighted by molar-refractivity contribution is 9.10. The molecule has 0 amide bonds. The molecule has 18 heavy (non-hydrogen) atoms. The first-order valence-electron chi connectivity index (χ1n) is 6.89. The van der Waals surface area contributed by atoms with Crippen molar-refractivity contribution in [1.82, 2.24) is 0 Å². The van der Waals surface area contributed by atoms with Crippen molar-refractivity contribution in [2.24, 2.45) is 22.7 Å². The number of halogens is 1. The smallest absolute Gasteiger partial charge is 0.186 e. The van der Waals surface area contributed by atoms with Crippen LogP contribution < -0.4 is 0 Å². The molecule has 4 aliphatic rings. The van der Waals surface area contributed by atoms with Crippen molar-refractivity contribution in [3.63, 3.8) is 0 Å². The third-order valence-electron chi connectivity index (χ3n) is 5.44. The van der Waals surface area contributed by atoms with Crippen molar-refractivity contribution in [2.75, 3.05) is 13.2 Å². The third kappa shape index (κ3) is 1.26. The lowest BCUT2D eigenvalue weighted by Gasteiger charge is -2.49. The number of allylic oxidation sites excluding steroid dienone is 2. The highest BCUT2D eigenvalue weighted by atomic mass is 79.9. The van der Waals surface area contributed by atoms with Crippen LogP contribution in [0.15, 0.2) is 17.1 Å². The van der Waals surface area contributed by atoms with E-state index in [0.717, 1.165) is 25.3 Å². The second-order valence-corrected chi connectivity index (χ2v) is 7.54. The molecule has 5 unspecified atom stereocenters. The van der Waals surface area contributed by atoms with Crippen LogP contribution in [0.4, 0.5) is 0 Å². The number of rotatable bonds is 2. The van der Waals surface area contributed by atoms with Gasteiger partial charge in [-0.3, -0.25) is 4.99 Å². The molecule has 0 aromatic rings. The molecule has 0 aromatic carbocycles. The van der Waals surface area contributed by atoms with Crippen LogP contribution in [-0.4, -0.2) is 34.1 Å². The summed E-state index contributed by atoms with van der Waals surface area (Å²) in [5.74, 6) is 2.14. The highest BCUT2D eigenvalue weighted by Gasteiger charge is 2.67. The number of hydrogen-bond acceptors (Lipinski definition) is 3. The zero-order valence-corrected chi connectivity index (χ0v) is 11.9. The molecule has 2 saturated carbocycles. The zero-order chi connectivity index (χ0) is 12.4. The summed E-state index contributed by atoms with van der Waals surface area (Å²) in [4.78, 5) is 4.37. The van der Waals surface area contributed by atoms with E-state index in [2.05, 4.69) is 33.1 Å². The zero-order valence-electron chi connectivity index (χ0n) is 10.3. The van der Waals surface area contributed by atoms with E-state index in [9.17, 15) is 5.11 Å². The molecule has 3 aliphatic carbocycles. The Kier molecular flexibility index (Phi) is 2.30. The maximum absolute atomic E-state index is 11.3. The summed E-state index contributed by atoms with van der Waals surface area (Å²) in [6.45, 7) is 1.42. The van der Waals surface area contributed by atoms with E-state index in [1.54, 1.807) is 0 Å². The molecule has 3 nitrogen and oxygen atoms in total. The Balaban J connectivity index is 1.71. The van der Waals surface area contributed by atoms with Gasteiger partial charge in [0, 0.05) is 0 Å². The van der Waals surface area contributed by atoms with Crippen LogP contribution in [0.5, 0.6) is 0 Å². The third-order valence-corrected chi connectivity index (χ3v) is 7.11. The van der Waals surface area contributed by atoms with Gasteiger partial charge in [0.15, 0.2) is 5.90 Å². The number of fused-ring (bicyclic) bond motifs is 6. The van der Waals surface area contributed by atoms with Gasteiger partial charge in [-0.15, -0.1) is 0 Å². The van der Waals surface area contributed by atoms with E-state index in [0.29, 0.717) is 30.8 Å². The second kappa shape index (κ2) is 3.60. The molecule has 5 atom stereocenters. The van der Waals surface area contributed by atoms with E-state index in [1.807, 2.05) is 0 Å². The maximum Gasteiger partial charge on any atom is 0.186 e. The maximum atomic E-state index is 11.3. The molecule has 1 heterocycles. The topological polar surface area (TPSA) is 41.8 Å². The predicted octanol–water partition coefficient (Wildman–Crippen LogP) is 2.29. The Morgan fingerprint density at radius 1 is 1.50 bits per heavy atom. The summed E-state index contributed by atoms with van der Waals surface area (Å²) in [5, 5.41) is 11.3. The Bertz CT molecular complexity index is 449. The molecule has 1 aliphatic heterocycles. The van der Waals surface area contributed by atoms with Gasteiger partial charge in [0.1, 0.15) is 6.61 Å². The van der Waals surface area contributed by atoms with Gasteiger partial charge >= 0.3 is 0 Å². The Morgan fingerprint density at radius 3 is 3.17 bits per heavy atom. The van der Waals surface area contributed by atoms with Crippen LogP contribution in [0.2, 0.25) is 0 Å². The Hall–Kier alpha value is -0.350. The number of alkyl halides is 1. The molecule has 1 N–H and O–H groups in total. The minimum Gasteiger partial charge on any atom is -0.479 e. The molecule has 4 bridgehead atoms. The molecule has 0 radical (unpaired) electrons. The molecule has 0 aromatic heterocycles. The number of hydrogen-bond donors (Lipinski definition) is 1. The summed E-state index contributed by atoms with van der Waals surface area (Å²) in [6.07, 6.45) is 8.58. The monoisotopic (exact) mass is 311 g/mol. The average molecular weight is 312 g/mol. The van der Waals surface area contributed by atoms with Crippen LogP contribution >= 0.6 is 15.9 Å². The molecule has 0 spiro atoms. The average Bonchev–Trinajstić information content (AvgIpc) is 2.98. The van der Waals surface area contributed by atoms with Crippen LogP contribution in [0.3, 0.4) is 0 Å². The minimum absolute atomic E-state index is 0.164. The van der Waals surface area contributed by atoms with Gasteiger partial charge in [-0.2, -0.15) is 0 Å². The molecule has 2 fully saturated rings. The molecule has 98 valence electrons. The van der Waals surface area contributed by atoms with E-state index in [-0.39, 0.29) is 4.32 Å². The van der Waals surface area contributed by atoms with Gasteiger partial charge in [0.2, 0.25) is 0 Å². The van der Waals surface area contributed by atoms with E-state index in [4.69, 9.17) is 4.74 Å². The molecule has 4 rings (SSSR count). The SMILES string of the molecule is OC1(CC2=NCCO2)C2CCC1(Br)C1C=CC2C1. The fourth-order valence-corrected chi connectivity index (χ4v) is 5.57. The largest absolute Gasteiger partial charge is 0.479 e. The fourth-order valence-electron chi connectivity index (χ4n) is 4.56. The first kappa shape index (κ1) is 11.5. The van der Waals surface area contributed by atoms with Crippen molar-refractivity contribution in [1.29, 1.82) is 0 Å². The van der Waals surface area contributed by atoms with E-state index >= 15 is 0 Å². The van der Waals surface area contributed by atoms with Crippen LogP contribution in [0.1, 0.15) is 25.7 Å². The lowest BCUT2D eigenvalue weighted by atomic mass is 9.66. The lowest BCUT2D eigenvalue weighted by Crippen LogP contribution is -2.58. The van der Waals surface area contributed by atoms with Crippen LogP contribution in [-0.2, 0) is 4.74 Å². The Morgan fingerprint density at radius 2 is 2.39 bits per heavy atom. The van der Waals surface area contributed by atoms with Gasteiger partial charge in [-0.1, -0.05) is 28.1 Å². The number of aliphatic imine (C=N–C) groups is 1. The predicted molar refractivity (Wildman–Crippen MR) is 72.9 cm³/mol. The quantitative estimate of drug-likeness (QED) is 0.628. The van der Waals surface area contributed by atoms with Crippen molar-refractivity contribution in [3.8, 4) is 0 Å². The molecule has 0 saturated heterocycles. The number of ether oxygens (including phenoxy) is 1. The van der Waals surface area contributed by atoms with Crippen molar-refractivity contribution in [2.45, 2.75) is 35.6 Å². The lowest BCUT2D eigenvalue weighted by molar-refractivity contribution is -0.0613. The first-order chi connectivity index (χ1) is 8.63. The van der Waals surface area contributed by atoms with Gasteiger partial charge < -0.3 is 9.84 Å². The molecular weight excluding hydrogens is 294 g/mol. The van der Waals surface area contributed by atoms with Crippen LogP contribution in [0, 0.1) is 17.8 Å². The number of nitrogens with zero attached hydrogens (tertiary/aromatic N) is 1. The summed E-state index contributed by atoms with van der Waals surface area (Å²) in [7, 11) is 0. The van der Waals surface area contributed by atoms with Crippen molar-refractivity contribution in [3.05, 3.63) is 12.2 Å². The minimum atomic E-state index is -0.687. The molecule has 4 heteroatoms. The molecular formula is C14H18BrNO2. The standard InChI is InChI=1S/C14H18BrNO2/c15-13-4-3-11(9-1-2-10(13)7-9)14(13,17)8-12-16-5-6-18-12/h1-2,9-11,17H,3-8H2. The summed E-state index contributed by atoms with van der Waals surface area (Å²) < 4.78 is 5.37. The van der Waals surface area contributed by atoms with E-state index < -0.39 is 5.60 Å². The van der Waals surface area contributed by atoms with Crippen LogP contribution in [0.25, 0.3) is 0 Å². The summed E-state index contributed by atoms with van der Waals surface area (Å²) in [5.41, 5.74) is -0.687. The van der Waals surface area contributed by atoms with Crippen molar-refractivity contribution < 1.29 is 9.84 Å². The summed E-state index contributed by atoms with van der Waals surface area (Å²) >= 11 is 3.91. The normalized spacial score (nSPS) is 52.6. The van der Waals surface area contributed by atoms with E-state index in [1.165, 1.54) is 6.42 Å². The van der Waals surface area contributed by atoms with Gasteiger partial charge in [0.25, 0.3) is 0 Å². The van der Waals surface area contributed by atoms with Crippen molar-refractivity contribution >= 4 is 21.8 Å². The second-order valence-electron chi connectivity index (χ2n) is 6.12. The highest BCUT2D eigenvalue weighted by Crippen LogP contribution is 2.65. The summed E-state index contributed by atoms with van der Waals surface area (Å²) in [6, 6.07) is 0. The Labute approximate surface area is 115 Å².